The van der Waals surface area contributed by atoms with Crippen molar-refractivity contribution in [1.82, 2.24) is 9.80 Å². The molecular weight excluding hydrogens is 406 g/mol. The number of benzene rings is 2. The van der Waals surface area contributed by atoms with Gasteiger partial charge in [-0.25, -0.2) is 0 Å². The van der Waals surface area contributed by atoms with Crippen LogP contribution in [0.3, 0.4) is 0 Å². The van der Waals surface area contributed by atoms with Crippen LogP contribution in [0, 0.1) is 10.1 Å². The van der Waals surface area contributed by atoms with Gasteiger partial charge in [-0.05, 0) is 30.3 Å². The van der Waals surface area contributed by atoms with Gasteiger partial charge in [-0.2, -0.15) is 0 Å². The second-order valence-corrected chi connectivity index (χ2v) is 7.16. The van der Waals surface area contributed by atoms with Crippen LogP contribution in [0.15, 0.2) is 36.4 Å². The summed E-state index contributed by atoms with van der Waals surface area (Å²) >= 11 is 0. The Morgan fingerprint density at radius 2 is 1.71 bits per heavy atom. The van der Waals surface area contributed by atoms with Gasteiger partial charge >= 0.3 is 5.69 Å². The summed E-state index contributed by atoms with van der Waals surface area (Å²) in [6, 6.07) is 8.90. The van der Waals surface area contributed by atoms with Crippen molar-refractivity contribution in [2.24, 2.45) is 0 Å². The van der Waals surface area contributed by atoms with Gasteiger partial charge in [0.2, 0.25) is 5.75 Å². The molecule has 0 spiro atoms. The summed E-state index contributed by atoms with van der Waals surface area (Å²) in [6.07, 6.45) is 0.0911. The monoisotopic (exact) mass is 429 g/mol. The first-order valence-corrected chi connectivity index (χ1v) is 9.69. The Morgan fingerprint density at radius 1 is 1.06 bits per heavy atom. The number of ketones is 1. The first-order chi connectivity index (χ1) is 14.8. The second kappa shape index (κ2) is 9.43. The van der Waals surface area contributed by atoms with Gasteiger partial charge in [0.05, 0.1) is 12.0 Å². The lowest BCUT2D eigenvalue weighted by Gasteiger charge is -2.34. The third-order valence-electron chi connectivity index (χ3n) is 5.24. The number of ether oxygens (including phenoxy) is 1. The first kappa shape index (κ1) is 22.0. The predicted molar refractivity (Wildman–Crippen MR) is 111 cm³/mol. The van der Waals surface area contributed by atoms with Crippen molar-refractivity contribution >= 4 is 17.4 Å². The third-order valence-corrected chi connectivity index (χ3v) is 5.24. The van der Waals surface area contributed by atoms with Crippen LogP contribution in [-0.2, 0) is 0 Å². The zero-order valence-corrected chi connectivity index (χ0v) is 17.0. The molecule has 164 valence electrons. The molecule has 1 fully saturated rings. The summed E-state index contributed by atoms with van der Waals surface area (Å²) in [5.41, 5.74) is -0.164. The van der Waals surface area contributed by atoms with E-state index in [2.05, 4.69) is 0 Å². The smallest absolute Gasteiger partial charge is 0.315 e. The van der Waals surface area contributed by atoms with Crippen LogP contribution < -0.4 is 4.74 Å². The van der Waals surface area contributed by atoms with Crippen molar-refractivity contribution in [2.45, 2.75) is 6.42 Å². The number of aromatic hydroxyl groups is 2. The molecule has 1 aliphatic rings. The Bertz CT molecular complexity index is 983. The highest BCUT2D eigenvalue weighted by atomic mass is 16.6. The summed E-state index contributed by atoms with van der Waals surface area (Å²) in [4.78, 5) is 38.9. The first-order valence-electron chi connectivity index (χ1n) is 9.69. The van der Waals surface area contributed by atoms with Gasteiger partial charge in [-0.15, -0.1) is 0 Å². The van der Waals surface area contributed by atoms with Crippen molar-refractivity contribution < 1.29 is 29.5 Å². The van der Waals surface area contributed by atoms with Gasteiger partial charge < -0.3 is 19.8 Å². The number of nitro groups is 1. The molecule has 0 radical (unpaired) electrons. The van der Waals surface area contributed by atoms with Gasteiger partial charge in [0.25, 0.3) is 5.91 Å². The van der Waals surface area contributed by atoms with E-state index in [1.165, 1.54) is 0 Å². The number of carbonyl (C=O) groups excluding carboxylic acids is 2. The van der Waals surface area contributed by atoms with Crippen LogP contribution in [0.5, 0.6) is 17.2 Å². The largest absolute Gasteiger partial charge is 0.504 e. The van der Waals surface area contributed by atoms with E-state index in [9.17, 15) is 29.9 Å². The average molecular weight is 429 g/mol. The molecule has 1 aliphatic heterocycles. The quantitative estimate of drug-likeness (QED) is 0.296. The molecule has 2 aromatic rings. The van der Waals surface area contributed by atoms with Crippen LogP contribution in [-0.4, -0.2) is 76.5 Å². The molecule has 0 aromatic heterocycles. The van der Waals surface area contributed by atoms with Gasteiger partial charge in [0.15, 0.2) is 11.5 Å². The molecule has 0 bridgehead atoms. The van der Waals surface area contributed by atoms with Gasteiger partial charge in [-0.3, -0.25) is 24.6 Å². The Labute approximate surface area is 178 Å². The van der Waals surface area contributed by atoms with Crippen molar-refractivity contribution in [3.63, 3.8) is 0 Å². The molecule has 0 unspecified atom stereocenters. The Balaban J connectivity index is 1.52. The number of hydrogen-bond acceptors (Lipinski definition) is 8. The maximum atomic E-state index is 12.6. The topological polar surface area (TPSA) is 133 Å². The molecule has 2 N–H and O–H groups in total. The molecular formula is C21H23N3O7. The number of hydrogen-bond donors (Lipinski definition) is 2. The minimum Gasteiger partial charge on any atom is -0.504 e. The van der Waals surface area contributed by atoms with Gasteiger partial charge in [0, 0.05) is 56.3 Å². The number of amides is 1. The standard InChI is InChI=1S/C21H23N3O7/c1-31-16-4-2-14(3-5-16)21(28)23-10-8-22(9-11-23)7-6-18(25)15-12-17(24(29)30)20(27)19(26)13-15/h2-5,12-13,26-27H,6-11H2,1H3. The van der Waals surface area contributed by atoms with E-state index in [1.54, 1.807) is 36.3 Å². The molecule has 2 aromatic carbocycles. The average Bonchev–Trinajstić information content (AvgIpc) is 2.78. The molecule has 0 aliphatic carbocycles. The maximum absolute atomic E-state index is 12.6. The Kier molecular flexibility index (Phi) is 6.71. The molecule has 10 heteroatoms. The van der Waals surface area contributed by atoms with E-state index in [0.717, 1.165) is 12.1 Å². The van der Waals surface area contributed by atoms with Gasteiger partial charge in [0.1, 0.15) is 5.75 Å². The number of phenols is 2. The fraction of sp³-hybridized carbons (Fsp3) is 0.333. The fourth-order valence-electron chi connectivity index (χ4n) is 3.40. The highest BCUT2D eigenvalue weighted by Gasteiger charge is 2.24. The van der Waals surface area contributed by atoms with E-state index in [1.807, 2.05) is 4.90 Å². The van der Waals surface area contributed by atoms with Crippen LogP contribution >= 0.6 is 0 Å². The summed E-state index contributed by atoms with van der Waals surface area (Å²) in [5, 5.41) is 30.1. The van der Waals surface area contributed by atoms with Crippen molar-refractivity contribution in [3.05, 3.63) is 57.6 Å². The van der Waals surface area contributed by atoms with E-state index < -0.39 is 22.1 Å². The number of phenolic OH excluding ortho intramolecular Hbond substituents is 2. The lowest BCUT2D eigenvalue weighted by atomic mass is 10.1. The zero-order valence-electron chi connectivity index (χ0n) is 17.0. The molecule has 1 amide bonds. The second-order valence-electron chi connectivity index (χ2n) is 7.16. The predicted octanol–water partition coefficient (Wildman–Crippen LogP) is 2.05. The minimum atomic E-state index is -0.862. The number of piperazine rings is 1. The van der Waals surface area contributed by atoms with Crippen molar-refractivity contribution in [2.75, 3.05) is 39.8 Å². The highest BCUT2D eigenvalue weighted by molar-refractivity contribution is 5.97. The number of methoxy groups -OCH3 is 1. The minimum absolute atomic E-state index is 0.0321. The third kappa shape index (κ3) is 5.10. The highest BCUT2D eigenvalue weighted by Crippen LogP contribution is 2.36. The lowest BCUT2D eigenvalue weighted by Crippen LogP contribution is -2.49. The summed E-state index contributed by atoms with van der Waals surface area (Å²) in [6.45, 7) is 2.64. The molecule has 31 heavy (non-hydrogen) atoms. The number of Topliss-reactive ketones (excluding diaryl/α,β-unsaturated/α-hetero) is 1. The molecule has 3 rings (SSSR count). The Morgan fingerprint density at radius 3 is 2.29 bits per heavy atom. The number of nitro benzene ring substituents is 1. The van der Waals surface area contributed by atoms with E-state index in [0.29, 0.717) is 44.0 Å². The number of rotatable bonds is 7. The molecule has 10 nitrogen and oxygen atoms in total. The van der Waals surface area contributed by atoms with E-state index >= 15 is 0 Å². The molecule has 0 atom stereocenters. The summed E-state index contributed by atoms with van der Waals surface area (Å²) < 4.78 is 5.10. The Hall–Kier alpha value is -3.66. The fourth-order valence-corrected chi connectivity index (χ4v) is 3.40. The van der Waals surface area contributed by atoms with Crippen LogP contribution in [0.1, 0.15) is 27.1 Å². The molecule has 1 saturated heterocycles. The number of nitrogens with zero attached hydrogens (tertiary/aromatic N) is 3. The zero-order chi connectivity index (χ0) is 22.5. The normalized spacial score (nSPS) is 14.3. The van der Waals surface area contributed by atoms with E-state index in [-0.39, 0.29) is 23.7 Å². The van der Waals surface area contributed by atoms with Crippen LogP contribution in [0.4, 0.5) is 5.69 Å². The summed E-state index contributed by atoms with van der Waals surface area (Å²) in [7, 11) is 1.56. The molecule has 0 saturated carbocycles. The van der Waals surface area contributed by atoms with Crippen molar-refractivity contribution in [1.29, 1.82) is 0 Å². The van der Waals surface area contributed by atoms with Crippen LogP contribution in [0.2, 0.25) is 0 Å². The van der Waals surface area contributed by atoms with Gasteiger partial charge in [-0.1, -0.05) is 0 Å². The van der Waals surface area contributed by atoms with E-state index in [4.69, 9.17) is 4.74 Å². The molecule has 1 heterocycles. The number of carbonyl (C=O) groups is 2. The summed E-state index contributed by atoms with van der Waals surface area (Å²) in [5.74, 6) is -1.33. The van der Waals surface area contributed by atoms with Crippen LogP contribution in [0.25, 0.3) is 0 Å². The lowest BCUT2D eigenvalue weighted by molar-refractivity contribution is -0.386. The maximum Gasteiger partial charge on any atom is 0.315 e. The SMILES string of the molecule is COc1ccc(C(=O)N2CCN(CCC(=O)c3cc(O)c(O)c([N+](=O)[O-])c3)CC2)cc1. The van der Waals surface area contributed by atoms with Crippen molar-refractivity contribution in [3.8, 4) is 17.2 Å².